The van der Waals surface area contributed by atoms with Crippen LogP contribution in [0.3, 0.4) is 0 Å². The fourth-order valence-electron chi connectivity index (χ4n) is 3.00. The van der Waals surface area contributed by atoms with Crippen molar-refractivity contribution in [1.29, 1.82) is 5.26 Å². The minimum Gasteiger partial charge on any atom is -0.373 e. The summed E-state index contributed by atoms with van der Waals surface area (Å²) in [4.78, 5) is 10.4. The number of nitro benzene ring substituents is 1. The van der Waals surface area contributed by atoms with Gasteiger partial charge in [-0.2, -0.15) is 5.26 Å². The Bertz CT molecular complexity index is 1320. The van der Waals surface area contributed by atoms with Gasteiger partial charge in [-0.1, -0.05) is 18.2 Å². The van der Waals surface area contributed by atoms with E-state index in [2.05, 4.69) is 5.32 Å². The molecule has 1 N–H and O–H groups in total. The predicted octanol–water partition coefficient (Wildman–Crippen LogP) is 4.35. The van der Waals surface area contributed by atoms with E-state index in [1.54, 1.807) is 6.07 Å². The summed E-state index contributed by atoms with van der Waals surface area (Å²) < 4.78 is 51.3. The van der Waals surface area contributed by atoms with Crippen molar-refractivity contribution < 1.29 is 22.1 Å². The first-order chi connectivity index (χ1) is 14.6. The Hall–Kier alpha value is -3.84. The summed E-state index contributed by atoms with van der Waals surface area (Å²) in [7, 11) is -3.55. The molecule has 7 nitrogen and oxygen atoms in total. The topological polar surface area (TPSA) is 113 Å². The fourth-order valence-corrected chi connectivity index (χ4v) is 3.67. The fraction of sp³-hybridized carbons (Fsp3) is 0.0952. The number of hydrogen-bond acceptors (Lipinski definition) is 6. The molecule has 0 amide bonds. The molecule has 31 heavy (non-hydrogen) atoms. The van der Waals surface area contributed by atoms with Crippen LogP contribution >= 0.6 is 0 Å². The summed E-state index contributed by atoms with van der Waals surface area (Å²) in [5.41, 5.74) is 0.530. The molecule has 10 heteroatoms. The Labute approximate surface area is 176 Å². The van der Waals surface area contributed by atoms with Crippen molar-refractivity contribution in [3.8, 4) is 6.07 Å². The second-order valence-electron chi connectivity index (χ2n) is 6.69. The Kier molecular flexibility index (Phi) is 5.99. The minimum atomic E-state index is -3.55. The summed E-state index contributed by atoms with van der Waals surface area (Å²) in [5.74, 6) is -2.16. The van der Waals surface area contributed by atoms with Crippen LogP contribution in [0.15, 0.2) is 65.6 Å². The minimum absolute atomic E-state index is 0.0172. The first-order valence-electron chi connectivity index (χ1n) is 8.80. The molecule has 0 fully saturated rings. The summed E-state index contributed by atoms with van der Waals surface area (Å²) in [5, 5.41) is 23.4. The zero-order chi connectivity index (χ0) is 22.8. The third-order valence-corrected chi connectivity index (χ3v) is 5.64. The van der Waals surface area contributed by atoms with Crippen molar-refractivity contribution in [2.45, 2.75) is 10.9 Å². The van der Waals surface area contributed by atoms with Gasteiger partial charge < -0.3 is 5.32 Å². The Morgan fingerprint density at radius 2 is 1.74 bits per heavy atom. The van der Waals surface area contributed by atoms with Gasteiger partial charge in [0.05, 0.1) is 27.1 Å². The van der Waals surface area contributed by atoms with Crippen LogP contribution in [0.5, 0.6) is 0 Å². The van der Waals surface area contributed by atoms with Crippen LogP contribution < -0.4 is 5.32 Å². The van der Waals surface area contributed by atoms with E-state index in [1.807, 2.05) is 6.07 Å². The lowest BCUT2D eigenvalue weighted by Gasteiger charge is -2.22. The predicted molar refractivity (Wildman–Crippen MR) is 109 cm³/mol. The van der Waals surface area contributed by atoms with Crippen molar-refractivity contribution in [1.82, 2.24) is 0 Å². The number of benzene rings is 3. The van der Waals surface area contributed by atoms with Gasteiger partial charge in [0.2, 0.25) is 0 Å². The highest BCUT2D eigenvalue weighted by Gasteiger charge is 2.20. The third-order valence-electron chi connectivity index (χ3n) is 4.53. The van der Waals surface area contributed by atoms with Gasteiger partial charge in [-0.25, -0.2) is 17.2 Å². The van der Waals surface area contributed by atoms with Crippen molar-refractivity contribution >= 4 is 21.2 Å². The average Bonchev–Trinajstić information content (AvgIpc) is 2.73. The SMILES string of the molecule is CS(=O)(=O)c1cccc(C(Nc2ccc([N+](=O)[O-])cc2C#N)c2ccc(F)c(F)c2)c1. The first kappa shape index (κ1) is 21.9. The van der Waals surface area contributed by atoms with Gasteiger partial charge in [-0.15, -0.1) is 0 Å². The maximum atomic E-state index is 13.9. The Balaban J connectivity index is 2.15. The van der Waals surface area contributed by atoms with E-state index in [-0.39, 0.29) is 27.4 Å². The van der Waals surface area contributed by atoms with Crippen LogP contribution in [0.25, 0.3) is 0 Å². The summed E-state index contributed by atoms with van der Waals surface area (Å²) >= 11 is 0. The van der Waals surface area contributed by atoms with E-state index >= 15 is 0 Å². The third kappa shape index (κ3) is 4.84. The first-order valence-corrected chi connectivity index (χ1v) is 10.7. The number of nitrogens with one attached hydrogen (secondary N) is 1. The quantitative estimate of drug-likeness (QED) is 0.448. The zero-order valence-corrected chi connectivity index (χ0v) is 16.9. The molecule has 0 saturated carbocycles. The largest absolute Gasteiger partial charge is 0.373 e. The number of nitro groups is 1. The van der Waals surface area contributed by atoms with Crippen molar-refractivity contribution in [2.75, 3.05) is 11.6 Å². The van der Waals surface area contributed by atoms with Crippen LogP contribution in [0.2, 0.25) is 0 Å². The Morgan fingerprint density at radius 3 is 2.35 bits per heavy atom. The highest BCUT2D eigenvalue weighted by atomic mass is 32.2. The molecule has 3 aromatic carbocycles. The summed E-state index contributed by atoms with van der Waals surface area (Å²) in [6.07, 6.45) is 1.04. The normalized spacial score (nSPS) is 12.1. The van der Waals surface area contributed by atoms with Gasteiger partial charge >= 0.3 is 0 Å². The lowest BCUT2D eigenvalue weighted by atomic mass is 9.97. The van der Waals surface area contributed by atoms with E-state index in [0.717, 1.165) is 24.5 Å². The summed E-state index contributed by atoms with van der Waals surface area (Å²) in [6.45, 7) is 0. The van der Waals surface area contributed by atoms with Gasteiger partial charge in [0.1, 0.15) is 6.07 Å². The smallest absolute Gasteiger partial charge is 0.270 e. The monoisotopic (exact) mass is 443 g/mol. The van der Waals surface area contributed by atoms with E-state index in [1.165, 1.54) is 36.4 Å². The van der Waals surface area contributed by atoms with E-state index in [4.69, 9.17) is 0 Å². The Morgan fingerprint density at radius 1 is 1.03 bits per heavy atom. The van der Waals surface area contributed by atoms with Gasteiger partial charge in [-0.05, 0) is 41.5 Å². The maximum Gasteiger partial charge on any atom is 0.270 e. The molecule has 0 radical (unpaired) electrons. The molecule has 0 bridgehead atoms. The number of hydrogen-bond donors (Lipinski definition) is 1. The molecule has 0 heterocycles. The van der Waals surface area contributed by atoms with Crippen molar-refractivity contribution in [3.05, 3.63) is 99.1 Å². The maximum absolute atomic E-state index is 13.9. The molecule has 158 valence electrons. The van der Waals surface area contributed by atoms with Crippen LogP contribution in [0, 0.1) is 33.1 Å². The number of sulfone groups is 1. The molecule has 0 saturated heterocycles. The molecule has 0 aliphatic rings. The molecule has 3 aromatic rings. The average molecular weight is 443 g/mol. The summed E-state index contributed by atoms with van der Waals surface area (Å²) in [6, 6.07) is 13.6. The number of nitrogens with zero attached hydrogens (tertiary/aromatic N) is 2. The van der Waals surface area contributed by atoms with E-state index in [0.29, 0.717) is 5.56 Å². The number of non-ortho nitro benzene ring substituents is 1. The number of nitriles is 1. The molecule has 1 unspecified atom stereocenters. The van der Waals surface area contributed by atoms with Gasteiger partial charge in [0.25, 0.3) is 5.69 Å². The van der Waals surface area contributed by atoms with Gasteiger partial charge in [-0.3, -0.25) is 10.1 Å². The molecular weight excluding hydrogens is 428 g/mol. The highest BCUT2D eigenvalue weighted by molar-refractivity contribution is 7.90. The van der Waals surface area contributed by atoms with E-state index in [9.17, 15) is 32.6 Å². The lowest BCUT2D eigenvalue weighted by molar-refractivity contribution is -0.384. The van der Waals surface area contributed by atoms with Crippen LogP contribution in [0.1, 0.15) is 22.7 Å². The highest BCUT2D eigenvalue weighted by Crippen LogP contribution is 2.31. The van der Waals surface area contributed by atoms with Crippen molar-refractivity contribution in [3.63, 3.8) is 0 Å². The molecule has 0 aliphatic heterocycles. The molecule has 1 atom stereocenters. The number of anilines is 1. The molecule has 3 rings (SSSR count). The lowest BCUT2D eigenvalue weighted by Crippen LogP contribution is -2.14. The standard InChI is InChI=1S/C21H15F2N3O4S/c1-31(29,30)17-4-2-3-13(10-17)21(14-5-7-18(22)19(23)11-14)25-20-8-6-16(26(27)28)9-15(20)12-24/h2-11,21,25H,1H3. The molecule has 0 aromatic heterocycles. The van der Waals surface area contributed by atoms with E-state index < -0.39 is 32.4 Å². The molecule has 0 aliphatic carbocycles. The molecule has 0 spiro atoms. The second kappa shape index (κ2) is 8.49. The number of halogens is 2. The van der Waals surface area contributed by atoms with Crippen molar-refractivity contribution in [2.24, 2.45) is 0 Å². The van der Waals surface area contributed by atoms with Crippen LogP contribution in [-0.2, 0) is 9.84 Å². The van der Waals surface area contributed by atoms with Gasteiger partial charge in [0, 0.05) is 18.4 Å². The van der Waals surface area contributed by atoms with Gasteiger partial charge in [0.15, 0.2) is 21.5 Å². The van der Waals surface area contributed by atoms with Crippen LogP contribution in [-0.4, -0.2) is 19.6 Å². The second-order valence-corrected chi connectivity index (χ2v) is 8.71. The van der Waals surface area contributed by atoms with Crippen LogP contribution in [0.4, 0.5) is 20.2 Å². The molecular formula is C21H15F2N3O4S. The zero-order valence-electron chi connectivity index (χ0n) is 16.0. The number of rotatable bonds is 6.